The monoisotopic (exact) mass is 313 g/mol. The van der Waals surface area contributed by atoms with Gasteiger partial charge in [-0.2, -0.15) is 0 Å². The molecule has 0 saturated heterocycles. The van der Waals surface area contributed by atoms with E-state index in [1.807, 2.05) is 6.07 Å². The van der Waals surface area contributed by atoms with Crippen LogP contribution in [0, 0.1) is 0 Å². The quantitative estimate of drug-likeness (QED) is 0.868. The lowest BCUT2D eigenvalue weighted by atomic mass is 9.96. The number of anilines is 1. The van der Waals surface area contributed by atoms with Gasteiger partial charge in [0.2, 0.25) is 0 Å². The van der Waals surface area contributed by atoms with Crippen LogP contribution in [-0.2, 0) is 5.41 Å². The molecule has 1 heterocycles. The van der Waals surface area contributed by atoms with Crippen molar-refractivity contribution < 1.29 is 5.11 Å². The molecule has 4 nitrogen and oxygen atoms in total. The average Bonchev–Trinajstić information content (AvgIpc) is 3.07. The molecule has 100 valence electrons. The van der Waals surface area contributed by atoms with E-state index in [0.717, 1.165) is 16.2 Å². The van der Waals surface area contributed by atoms with Crippen LogP contribution in [0.3, 0.4) is 0 Å². The molecule has 1 aromatic heterocycles. The maximum Gasteiger partial charge on any atom is 0.137 e. The lowest BCUT2D eigenvalue weighted by molar-refractivity contribution is 0.301. The van der Waals surface area contributed by atoms with Gasteiger partial charge in [0.1, 0.15) is 16.2 Å². The SMILES string of the molecule is CC(C)(C)c1nc(Br)cc(N(CCO)C2CC2)n1. The molecule has 18 heavy (non-hydrogen) atoms. The van der Waals surface area contributed by atoms with Crippen molar-refractivity contribution in [1.82, 2.24) is 9.97 Å². The Hall–Kier alpha value is -0.680. The highest BCUT2D eigenvalue weighted by Gasteiger charge is 2.30. The lowest BCUT2D eigenvalue weighted by Crippen LogP contribution is -2.31. The molecule has 1 fully saturated rings. The molecular formula is C13H20BrN3O. The predicted octanol–water partition coefficient (Wildman–Crippen LogP) is 2.50. The number of hydrogen-bond donors (Lipinski definition) is 1. The summed E-state index contributed by atoms with van der Waals surface area (Å²) in [7, 11) is 0. The summed E-state index contributed by atoms with van der Waals surface area (Å²) in [6.07, 6.45) is 2.37. The van der Waals surface area contributed by atoms with E-state index in [1.54, 1.807) is 0 Å². The van der Waals surface area contributed by atoms with E-state index in [0.29, 0.717) is 12.6 Å². The van der Waals surface area contributed by atoms with E-state index in [2.05, 4.69) is 51.6 Å². The molecule has 0 amide bonds. The van der Waals surface area contributed by atoms with Gasteiger partial charge in [0.15, 0.2) is 0 Å². The van der Waals surface area contributed by atoms with Crippen molar-refractivity contribution in [2.45, 2.75) is 45.1 Å². The van der Waals surface area contributed by atoms with Crippen molar-refractivity contribution in [3.05, 3.63) is 16.5 Å². The van der Waals surface area contributed by atoms with Crippen LogP contribution in [0.25, 0.3) is 0 Å². The summed E-state index contributed by atoms with van der Waals surface area (Å²) < 4.78 is 0.806. The van der Waals surface area contributed by atoms with Crippen LogP contribution >= 0.6 is 15.9 Å². The second-order valence-electron chi connectivity index (χ2n) is 5.77. The van der Waals surface area contributed by atoms with Crippen molar-refractivity contribution in [2.75, 3.05) is 18.1 Å². The summed E-state index contributed by atoms with van der Waals surface area (Å²) in [5, 5.41) is 9.18. The molecule has 1 saturated carbocycles. The summed E-state index contributed by atoms with van der Waals surface area (Å²) in [5.41, 5.74) is -0.0764. The third-order valence-corrected chi connectivity index (χ3v) is 3.38. The average molecular weight is 314 g/mol. The van der Waals surface area contributed by atoms with Crippen LogP contribution < -0.4 is 4.90 Å². The van der Waals surface area contributed by atoms with Gasteiger partial charge < -0.3 is 10.0 Å². The first-order valence-corrected chi connectivity index (χ1v) is 7.13. The zero-order valence-corrected chi connectivity index (χ0v) is 12.7. The number of hydrogen-bond acceptors (Lipinski definition) is 4. The first-order valence-electron chi connectivity index (χ1n) is 6.34. The molecule has 1 aliphatic carbocycles. The van der Waals surface area contributed by atoms with Crippen molar-refractivity contribution in [1.29, 1.82) is 0 Å². The van der Waals surface area contributed by atoms with E-state index < -0.39 is 0 Å². The van der Waals surface area contributed by atoms with Gasteiger partial charge in [-0.25, -0.2) is 9.97 Å². The van der Waals surface area contributed by atoms with Crippen LogP contribution in [-0.4, -0.2) is 34.3 Å². The highest BCUT2D eigenvalue weighted by Crippen LogP contribution is 2.32. The van der Waals surface area contributed by atoms with Gasteiger partial charge in [0, 0.05) is 24.1 Å². The molecule has 0 atom stereocenters. The van der Waals surface area contributed by atoms with E-state index in [9.17, 15) is 5.11 Å². The number of aliphatic hydroxyl groups excluding tert-OH is 1. The number of rotatable bonds is 4. The fraction of sp³-hybridized carbons (Fsp3) is 0.692. The summed E-state index contributed by atoms with van der Waals surface area (Å²) >= 11 is 3.45. The Morgan fingerprint density at radius 2 is 2.06 bits per heavy atom. The normalized spacial score (nSPS) is 15.8. The van der Waals surface area contributed by atoms with Crippen molar-refractivity contribution >= 4 is 21.7 Å². The zero-order chi connectivity index (χ0) is 13.3. The number of nitrogens with zero attached hydrogens (tertiary/aromatic N) is 3. The van der Waals surface area contributed by atoms with Gasteiger partial charge in [-0.1, -0.05) is 20.8 Å². The highest BCUT2D eigenvalue weighted by atomic mass is 79.9. The van der Waals surface area contributed by atoms with Gasteiger partial charge in [0.05, 0.1) is 6.61 Å². The molecule has 0 unspecified atom stereocenters. The lowest BCUT2D eigenvalue weighted by Gasteiger charge is -2.25. The molecule has 5 heteroatoms. The van der Waals surface area contributed by atoms with Crippen LogP contribution in [0.2, 0.25) is 0 Å². The van der Waals surface area contributed by atoms with Crippen LogP contribution in [0.1, 0.15) is 39.4 Å². The second kappa shape index (κ2) is 5.13. The molecule has 1 N–H and O–H groups in total. The third-order valence-electron chi connectivity index (χ3n) is 2.98. The van der Waals surface area contributed by atoms with Gasteiger partial charge in [0.25, 0.3) is 0 Å². The summed E-state index contributed by atoms with van der Waals surface area (Å²) in [5.74, 6) is 1.74. The van der Waals surface area contributed by atoms with Crippen LogP contribution in [0.5, 0.6) is 0 Å². The minimum atomic E-state index is -0.0764. The fourth-order valence-corrected chi connectivity index (χ4v) is 2.24. The Kier molecular flexibility index (Phi) is 3.92. The van der Waals surface area contributed by atoms with E-state index in [1.165, 1.54) is 12.8 Å². The van der Waals surface area contributed by atoms with E-state index in [-0.39, 0.29) is 12.0 Å². The molecule has 0 aliphatic heterocycles. The molecule has 1 aromatic rings. The maximum atomic E-state index is 9.18. The number of aliphatic hydroxyl groups is 1. The zero-order valence-electron chi connectivity index (χ0n) is 11.1. The Labute approximate surface area is 117 Å². The molecule has 1 aliphatic rings. The molecule has 0 radical (unpaired) electrons. The second-order valence-corrected chi connectivity index (χ2v) is 6.58. The van der Waals surface area contributed by atoms with Crippen LogP contribution in [0.15, 0.2) is 10.7 Å². The number of aromatic nitrogens is 2. The molecular weight excluding hydrogens is 294 g/mol. The van der Waals surface area contributed by atoms with Gasteiger partial charge >= 0.3 is 0 Å². The summed E-state index contributed by atoms with van der Waals surface area (Å²) in [4.78, 5) is 11.3. The molecule has 0 bridgehead atoms. The molecule has 0 aromatic carbocycles. The minimum Gasteiger partial charge on any atom is -0.395 e. The van der Waals surface area contributed by atoms with Crippen molar-refractivity contribution in [2.24, 2.45) is 0 Å². The first-order chi connectivity index (χ1) is 8.41. The predicted molar refractivity (Wildman–Crippen MR) is 75.9 cm³/mol. The number of halogens is 1. The Morgan fingerprint density at radius 3 is 2.56 bits per heavy atom. The Bertz CT molecular complexity index is 427. The van der Waals surface area contributed by atoms with E-state index in [4.69, 9.17) is 0 Å². The standard InChI is InChI=1S/C13H20BrN3O/c1-13(2,3)12-15-10(14)8-11(16-12)17(6-7-18)9-4-5-9/h8-9,18H,4-7H2,1-3H3. The first kappa shape index (κ1) is 13.7. The van der Waals surface area contributed by atoms with Gasteiger partial charge in [-0.3, -0.25) is 0 Å². The minimum absolute atomic E-state index is 0.0764. The third kappa shape index (κ3) is 3.20. The van der Waals surface area contributed by atoms with Crippen molar-refractivity contribution in [3.8, 4) is 0 Å². The Morgan fingerprint density at radius 1 is 1.39 bits per heavy atom. The smallest absolute Gasteiger partial charge is 0.137 e. The Balaban J connectivity index is 2.34. The topological polar surface area (TPSA) is 49.2 Å². The highest BCUT2D eigenvalue weighted by molar-refractivity contribution is 9.10. The summed E-state index contributed by atoms with van der Waals surface area (Å²) in [6.45, 7) is 7.10. The van der Waals surface area contributed by atoms with Gasteiger partial charge in [-0.15, -0.1) is 0 Å². The molecule has 0 spiro atoms. The molecule has 2 rings (SSSR count). The summed E-state index contributed by atoms with van der Waals surface area (Å²) in [6, 6.07) is 2.47. The van der Waals surface area contributed by atoms with E-state index >= 15 is 0 Å². The largest absolute Gasteiger partial charge is 0.395 e. The van der Waals surface area contributed by atoms with Gasteiger partial charge in [-0.05, 0) is 28.8 Å². The fourth-order valence-electron chi connectivity index (χ4n) is 1.87. The van der Waals surface area contributed by atoms with Crippen LogP contribution in [0.4, 0.5) is 5.82 Å². The maximum absolute atomic E-state index is 9.18. The van der Waals surface area contributed by atoms with Crippen molar-refractivity contribution in [3.63, 3.8) is 0 Å².